The Bertz CT molecular complexity index is 506. The molecule has 0 saturated heterocycles. The summed E-state index contributed by atoms with van der Waals surface area (Å²) in [5.41, 5.74) is -1.29. The van der Waals surface area contributed by atoms with Gasteiger partial charge in [-0.1, -0.05) is 0 Å². The Morgan fingerprint density at radius 1 is 1.58 bits per heavy atom. The Morgan fingerprint density at radius 3 is 2.68 bits per heavy atom. The predicted molar refractivity (Wildman–Crippen MR) is 64.8 cm³/mol. The van der Waals surface area contributed by atoms with Crippen LogP contribution < -0.4 is 5.32 Å². The summed E-state index contributed by atoms with van der Waals surface area (Å²) >= 11 is 0. The smallest absolute Gasteiger partial charge is 0.338 e. The molecular weight excluding hydrogens is 259 g/mol. The lowest BCUT2D eigenvalue weighted by atomic mass is 10.1. The molecule has 0 saturated carbocycles. The number of nitro groups is 1. The van der Waals surface area contributed by atoms with Crippen LogP contribution in [0.4, 0.5) is 15.8 Å². The second-order valence-corrected chi connectivity index (χ2v) is 3.97. The lowest BCUT2D eigenvalue weighted by molar-refractivity contribution is -0.384. The summed E-state index contributed by atoms with van der Waals surface area (Å²) in [4.78, 5) is 20.8. The first-order valence-electron chi connectivity index (χ1n) is 5.45. The fraction of sp³-hybridized carbons (Fsp3) is 0.364. The average molecular weight is 272 g/mol. The second kappa shape index (κ2) is 6.10. The van der Waals surface area contributed by atoms with E-state index in [0.717, 1.165) is 6.07 Å². The van der Waals surface area contributed by atoms with E-state index < -0.39 is 28.0 Å². The normalized spacial score (nSPS) is 11.9. The molecule has 0 aliphatic rings. The maximum absolute atomic E-state index is 13.4. The van der Waals surface area contributed by atoms with E-state index >= 15 is 0 Å². The summed E-state index contributed by atoms with van der Waals surface area (Å²) in [5, 5.41) is 31.0. The number of benzene rings is 1. The van der Waals surface area contributed by atoms with E-state index in [0.29, 0.717) is 12.5 Å². The molecule has 0 radical (unpaired) electrons. The van der Waals surface area contributed by atoms with Gasteiger partial charge in [-0.2, -0.15) is 0 Å². The number of hydrogen-bond acceptors (Lipinski definition) is 5. The van der Waals surface area contributed by atoms with Gasteiger partial charge in [-0.05, 0) is 19.4 Å². The quantitative estimate of drug-likeness (QED) is 0.535. The van der Waals surface area contributed by atoms with Gasteiger partial charge in [-0.15, -0.1) is 0 Å². The zero-order chi connectivity index (χ0) is 14.6. The fourth-order valence-electron chi connectivity index (χ4n) is 1.52. The number of aliphatic hydroxyl groups excluding tert-OH is 1. The summed E-state index contributed by atoms with van der Waals surface area (Å²) in [5.74, 6) is -2.68. The number of nitrogens with zero attached hydrogens (tertiary/aromatic N) is 1. The molecule has 0 spiro atoms. The van der Waals surface area contributed by atoms with Gasteiger partial charge in [0.15, 0.2) is 0 Å². The zero-order valence-corrected chi connectivity index (χ0v) is 10.1. The van der Waals surface area contributed by atoms with Gasteiger partial charge in [0.25, 0.3) is 5.69 Å². The Morgan fingerprint density at radius 2 is 2.21 bits per heavy atom. The van der Waals surface area contributed by atoms with Gasteiger partial charge in [0.2, 0.25) is 0 Å². The van der Waals surface area contributed by atoms with Gasteiger partial charge in [-0.25, -0.2) is 9.18 Å². The lowest BCUT2D eigenvalue weighted by Gasteiger charge is -2.14. The number of aromatic carboxylic acids is 1. The van der Waals surface area contributed by atoms with Crippen molar-refractivity contribution < 1.29 is 24.3 Å². The molecule has 1 aromatic rings. The summed E-state index contributed by atoms with van der Waals surface area (Å²) < 4.78 is 13.4. The number of carboxylic acids is 1. The van der Waals surface area contributed by atoms with Crippen molar-refractivity contribution in [1.82, 2.24) is 0 Å². The van der Waals surface area contributed by atoms with Gasteiger partial charge in [0.05, 0.1) is 16.6 Å². The molecule has 0 aromatic heterocycles. The van der Waals surface area contributed by atoms with Crippen molar-refractivity contribution in [2.75, 3.05) is 11.9 Å². The van der Waals surface area contributed by atoms with Crippen molar-refractivity contribution in [1.29, 1.82) is 0 Å². The highest BCUT2D eigenvalue weighted by molar-refractivity contribution is 5.90. The van der Waals surface area contributed by atoms with E-state index in [-0.39, 0.29) is 18.3 Å². The third kappa shape index (κ3) is 3.62. The lowest BCUT2D eigenvalue weighted by Crippen LogP contribution is -2.18. The number of nitro benzene ring substituents is 1. The molecule has 0 aliphatic carbocycles. The number of rotatable bonds is 6. The molecule has 104 valence electrons. The molecule has 7 nitrogen and oxygen atoms in total. The van der Waals surface area contributed by atoms with Crippen molar-refractivity contribution in [3.63, 3.8) is 0 Å². The number of carbonyl (C=O) groups is 1. The van der Waals surface area contributed by atoms with Gasteiger partial charge in [0, 0.05) is 12.6 Å². The molecule has 1 atom stereocenters. The first-order chi connectivity index (χ1) is 8.86. The Kier molecular flexibility index (Phi) is 4.76. The summed E-state index contributed by atoms with van der Waals surface area (Å²) in [6, 6.07) is 1.12. The number of nitrogens with one attached hydrogen (secondary N) is 1. The molecule has 0 fully saturated rings. The number of halogens is 1. The predicted octanol–water partition coefficient (Wildman–Crippen LogP) is 1.61. The van der Waals surface area contributed by atoms with E-state index in [1.165, 1.54) is 0 Å². The van der Waals surface area contributed by atoms with Crippen LogP contribution >= 0.6 is 0 Å². The van der Waals surface area contributed by atoms with Crippen molar-refractivity contribution in [3.8, 4) is 0 Å². The highest BCUT2D eigenvalue weighted by atomic mass is 19.1. The van der Waals surface area contributed by atoms with Crippen LogP contribution in [0.1, 0.15) is 23.7 Å². The van der Waals surface area contributed by atoms with Crippen LogP contribution in [0.5, 0.6) is 0 Å². The topological polar surface area (TPSA) is 113 Å². The molecule has 19 heavy (non-hydrogen) atoms. The van der Waals surface area contributed by atoms with E-state index in [1.54, 1.807) is 6.92 Å². The standard InChI is InChI=1S/C11H13FN2O5/c1-6(2-3-15)13-9-4-7(11(16)17)8(12)5-10(9)14(18)19/h4-6,13,15H,2-3H2,1H3,(H,16,17). The maximum atomic E-state index is 13.4. The average Bonchev–Trinajstić information content (AvgIpc) is 2.30. The van der Waals surface area contributed by atoms with Crippen molar-refractivity contribution in [2.24, 2.45) is 0 Å². The van der Waals surface area contributed by atoms with Crippen LogP contribution in [-0.2, 0) is 0 Å². The minimum Gasteiger partial charge on any atom is -0.478 e. The van der Waals surface area contributed by atoms with Crippen molar-refractivity contribution in [2.45, 2.75) is 19.4 Å². The molecule has 1 unspecified atom stereocenters. The van der Waals surface area contributed by atoms with Crippen LogP contribution in [0, 0.1) is 15.9 Å². The van der Waals surface area contributed by atoms with Crippen molar-refractivity contribution >= 4 is 17.3 Å². The van der Waals surface area contributed by atoms with Gasteiger partial charge in [0.1, 0.15) is 11.5 Å². The Labute approximate surface area is 107 Å². The van der Waals surface area contributed by atoms with E-state index in [1.807, 2.05) is 0 Å². The summed E-state index contributed by atoms with van der Waals surface area (Å²) in [6.45, 7) is 1.53. The summed E-state index contributed by atoms with van der Waals surface area (Å²) in [6.07, 6.45) is 0.316. The first-order valence-corrected chi connectivity index (χ1v) is 5.45. The van der Waals surface area contributed by atoms with Gasteiger partial charge in [-0.3, -0.25) is 10.1 Å². The molecule has 0 heterocycles. The van der Waals surface area contributed by atoms with Crippen LogP contribution in [0.25, 0.3) is 0 Å². The highest BCUT2D eigenvalue weighted by Gasteiger charge is 2.22. The third-order valence-electron chi connectivity index (χ3n) is 2.48. The van der Waals surface area contributed by atoms with Crippen molar-refractivity contribution in [3.05, 3.63) is 33.6 Å². The van der Waals surface area contributed by atoms with Gasteiger partial charge < -0.3 is 15.5 Å². The molecule has 0 amide bonds. The molecule has 1 rings (SSSR count). The Hall–Kier alpha value is -2.22. The number of carboxylic acid groups (broad SMARTS) is 1. The minimum atomic E-state index is -1.51. The van der Waals surface area contributed by atoms with Gasteiger partial charge >= 0.3 is 5.97 Å². The van der Waals surface area contributed by atoms with E-state index in [9.17, 15) is 19.3 Å². The number of hydrogen-bond donors (Lipinski definition) is 3. The van der Waals surface area contributed by atoms with Crippen LogP contribution in [0.15, 0.2) is 12.1 Å². The highest BCUT2D eigenvalue weighted by Crippen LogP contribution is 2.28. The molecule has 1 aromatic carbocycles. The fourth-order valence-corrected chi connectivity index (χ4v) is 1.52. The van der Waals surface area contributed by atoms with Crippen LogP contribution in [0.2, 0.25) is 0 Å². The Balaban J connectivity index is 3.21. The number of aliphatic hydroxyl groups is 1. The largest absolute Gasteiger partial charge is 0.478 e. The van der Waals surface area contributed by atoms with Crippen LogP contribution in [0.3, 0.4) is 0 Å². The monoisotopic (exact) mass is 272 g/mol. The molecule has 0 bridgehead atoms. The minimum absolute atomic E-state index is 0.0928. The molecule has 0 aliphatic heterocycles. The summed E-state index contributed by atoms with van der Waals surface area (Å²) in [7, 11) is 0. The van der Waals surface area contributed by atoms with Crippen LogP contribution in [-0.4, -0.2) is 33.8 Å². The maximum Gasteiger partial charge on any atom is 0.338 e. The molecular formula is C11H13FN2O5. The van der Waals surface area contributed by atoms with E-state index in [2.05, 4.69) is 5.32 Å². The molecule has 8 heteroatoms. The van der Waals surface area contributed by atoms with E-state index in [4.69, 9.17) is 10.2 Å². The zero-order valence-electron chi connectivity index (χ0n) is 10.1. The SMILES string of the molecule is CC(CCO)Nc1cc(C(=O)O)c(F)cc1[N+](=O)[O-]. The second-order valence-electron chi connectivity index (χ2n) is 3.97. The molecule has 3 N–H and O–H groups in total. The number of anilines is 1. The first kappa shape index (κ1) is 14.8. The third-order valence-corrected chi connectivity index (χ3v) is 2.48.